The maximum atomic E-state index is 14.5. The van der Waals surface area contributed by atoms with Crippen LogP contribution in [-0.2, 0) is 14.4 Å². The van der Waals surface area contributed by atoms with Gasteiger partial charge in [-0.05, 0) is 50.5 Å². The molecule has 8 nitrogen and oxygen atoms in total. The Labute approximate surface area is 262 Å². The van der Waals surface area contributed by atoms with Gasteiger partial charge in [0.15, 0.2) is 0 Å². The molecule has 3 heterocycles. The van der Waals surface area contributed by atoms with Crippen LogP contribution >= 0.6 is 27.7 Å². The number of unbranched alkanes of at least 4 members (excludes halogenated alkanes) is 1. The molecule has 3 saturated heterocycles. The number of rotatable bonds is 15. The summed E-state index contributed by atoms with van der Waals surface area (Å²) in [6, 6.07) is 6.09. The normalized spacial score (nSPS) is 28.4. The fourth-order valence-electron chi connectivity index (χ4n) is 6.93. The molecule has 0 saturated carbocycles. The molecule has 3 aliphatic heterocycles. The highest BCUT2D eigenvalue weighted by Crippen LogP contribution is 2.68. The fraction of sp³-hybridized carbons (Fsp3) is 0.594. The summed E-state index contributed by atoms with van der Waals surface area (Å²) < 4.78 is 4.81. The monoisotopic (exact) mass is 661 g/mol. The van der Waals surface area contributed by atoms with E-state index < -0.39 is 28.7 Å². The number of ether oxygens (including phenoxy) is 1. The van der Waals surface area contributed by atoms with Gasteiger partial charge in [-0.15, -0.1) is 24.9 Å². The molecule has 1 spiro atoms. The summed E-state index contributed by atoms with van der Waals surface area (Å²) in [6.07, 6.45) is 6.27. The van der Waals surface area contributed by atoms with Gasteiger partial charge >= 0.3 is 0 Å². The summed E-state index contributed by atoms with van der Waals surface area (Å²) >= 11 is 5.47. The molecule has 1 aromatic rings. The molecule has 10 heteroatoms. The topological polar surface area (TPSA) is 90.4 Å². The average Bonchev–Trinajstić information content (AvgIpc) is 3.58. The van der Waals surface area contributed by atoms with E-state index in [0.717, 1.165) is 12.8 Å². The first-order chi connectivity index (χ1) is 20.2. The summed E-state index contributed by atoms with van der Waals surface area (Å²) in [7, 11) is 0. The second kappa shape index (κ2) is 14.0. The van der Waals surface area contributed by atoms with Gasteiger partial charge < -0.3 is 24.5 Å². The highest BCUT2D eigenvalue weighted by atomic mass is 79.9. The van der Waals surface area contributed by atoms with Crippen molar-refractivity contribution >= 4 is 51.1 Å². The van der Waals surface area contributed by atoms with Gasteiger partial charge in [-0.1, -0.05) is 48.4 Å². The second-order valence-corrected chi connectivity index (χ2v) is 14.0. The second-order valence-electron chi connectivity index (χ2n) is 11.2. The maximum absolute atomic E-state index is 14.5. The van der Waals surface area contributed by atoms with Crippen molar-refractivity contribution in [2.45, 2.75) is 73.4 Å². The summed E-state index contributed by atoms with van der Waals surface area (Å²) in [5.74, 6) is -1.07. The van der Waals surface area contributed by atoms with Crippen LogP contribution in [0.1, 0.15) is 46.5 Å². The number of halogens is 1. The standard InChI is InChI=1S/C32H44BrN3O5S/c1-6-11-18-34(16-7-2)31(40)28-32-19-24(33)27(42-32)25(26(32)30(39)36(28)21(9-4)20-37)29(38)35(17-8-3)22-12-14-23(15-13-22)41-10-5/h7-8,12-15,21,24-28,37H,2-3,6,9-11,16-20H2,1,4-5H3/t21-,24?,25-,26-,27-,28?,32?/m0/s1. The van der Waals surface area contributed by atoms with E-state index in [1.165, 1.54) is 0 Å². The van der Waals surface area contributed by atoms with E-state index in [9.17, 15) is 19.5 Å². The lowest BCUT2D eigenvalue weighted by molar-refractivity contribution is -0.145. The van der Waals surface area contributed by atoms with E-state index in [4.69, 9.17) is 4.74 Å². The number of hydrogen-bond acceptors (Lipinski definition) is 6. The highest BCUT2D eigenvalue weighted by Gasteiger charge is 2.76. The molecule has 42 heavy (non-hydrogen) atoms. The van der Waals surface area contributed by atoms with Crippen LogP contribution in [-0.4, -0.2) is 92.4 Å². The number of alkyl halides is 1. The first-order valence-corrected chi connectivity index (χ1v) is 16.8. The van der Waals surface area contributed by atoms with Crippen molar-refractivity contribution in [3.63, 3.8) is 0 Å². The van der Waals surface area contributed by atoms with E-state index in [0.29, 0.717) is 44.0 Å². The van der Waals surface area contributed by atoms with E-state index >= 15 is 0 Å². The van der Waals surface area contributed by atoms with Crippen molar-refractivity contribution in [1.82, 2.24) is 9.80 Å². The lowest BCUT2D eigenvalue weighted by Crippen LogP contribution is -2.58. The number of nitrogens with zero attached hydrogens (tertiary/aromatic N) is 3. The van der Waals surface area contributed by atoms with Gasteiger partial charge in [-0.2, -0.15) is 0 Å². The van der Waals surface area contributed by atoms with Crippen LogP contribution in [0.2, 0.25) is 0 Å². The number of aliphatic hydroxyl groups excluding tert-OH is 1. The molecule has 7 atom stereocenters. The molecule has 0 radical (unpaired) electrons. The minimum Gasteiger partial charge on any atom is -0.494 e. The predicted molar refractivity (Wildman–Crippen MR) is 172 cm³/mol. The summed E-state index contributed by atoms with van der Waals surface area (Å²) in [5.41, 5.74) is 0.699. The number of aliphatic hydroxyl groups is 1. The number of benzene rings is 1. The number of thioether (sulfide) groups is 1. The zero-order valence-corrected chi connectivity index (χ0v) is 27.3. The van der Waals surface area contributed by atoms with Gasteiger partial charge in [-0.3, -0.25) is 14.4 Å². The fourth-order valence-corrected chi connectivity index (χ4v) is 10.5. The number of fused-ring (bicyclic) bond motifs is 1. The Morgan fingerprint density at radius 2 is 1.88 bits per heavy atom. The Morgan fingerprint density at radius 3 is 2.45 bits per heavy atom. The number of carbonyl (C=O) groups excluding carboxylic acids is 3. The molecule has 4 rings (SSSR count). The third-order valence-corrected chi connectivity index (χ3v) is 12.0. The SMILES string of the molecule is C=CCN(CCCC)C(=O)C1N([C@@H](CC)CO)C(=O)[C@@H]2[C@H](C(=O)N(CC=C)c3ccc(OCC)cc3)[C@H]3SC12CC3Br. The van der Waals surface area contributed by atoms with Crippen LogP contribution in [0.5, 0.6) is 5.75 Å². The first kappa shape index (κ1) is 32.6. The summed E-state index contributed by atoms with van der Waals surface area (Å²) in [5, 5.41) is 10.2. The van der Waals surface area contributed by atoms with E-state index in [-0.39, 0.29) is 41.0 Å². The Kier molecular flexibility index (Phi) is 10.9. The molecule has 3 unspecified atom stereocenters. The van der Waals surface area contributed by atoms with Gasteiger partial charge in [0.2, 0.25) is 17.7 Å². The maximum Gasteiger partial charge on any atom is 0.247 e. The van der Waals surface area contributed by atoms with Crippen LogP contribution in [0.3, 0.4) is 0 Å². The zero-order valence-electron chi connectivity index (χ0n) is 24.9. The lowest BCUT2D eigenvalue weighted by Gasteiger charge is -2.40. The first-order valence-electron chi connectivity index (χ1n) is 15.0. The van der Waals surface area contributed by atoms with Crippen molar-refractivity contribution in [1.29, 1.82) is 0 Å². The minimum atomic E-state index is -0.778. The van der Waals surface area contributed by atoms with Gasteiger partial charge in [0.1, 0.15) is 11.8 Å². The molecule has 3 amide bonds. The number of likely N-dealkylation sites (tertiary alicyclic amines) is 1. The smallest absolute Gasteiger partial charge is 0.247 e. The van der Waals surface area contributed by atoms with Crippen LogP contribution < -0.4 is 9.64 Å². The Hall–Kier alpha value is -2.30. The number of anilines is 1. The predicted octanol–water partition coefficient (Wildman–Crippen LogP) is 4.65. The van der Waals surface area contributed by atoms with Gasteiger partial charge in [-0.25, -0.2) is 0 Å². The zero-order chi connectivity index (χ0) is 30.6. The highest BCUT2D eigenvalue weighted by molar-refractivity contribution is 9.09. The Bertz CT molecular complexity index is 1160. The van der Waals surface area contributed by atoms with Crippen molar-refractivity contribution in [2.24, 2.45) is 11.8 Å². The van der Waals surface area contributed by atoms with E-state index in [1.54, 1.807) is 38.6 Å². The molecule has 0 aliphatic carbocycles. The molecule has 1 N–H and O–H groups in total. The largest absolute Gasteiger partial charge is 0.494 e. The molecule has 0 aromatic heterocycles. The van der Waals surface area contributed by atoms with Crippen molar-refractivity contribution < 1.29 is 24.2 Å². The molecular formula is C32H44BrN3O5S. The summed E-state index contributed by atoms with van der Waals surface area (Å²) in [6.45, 7) is 15.2. The number of amides is 3. The third kappa shape index (κ3) is 5.66. The number of hydrogen-bond donors (Lipinski definition) is 1. The molecule has 3 aliphatic rings. The Morgan fingerprint density at radius 1 is 1.19 bits per heavy atom. The lowest BCUT2D eigenvalue weighted by atomic mass is 9.70. The van der Waals surface area contributed by atoms with Crippen LogP contribution in [0.25, 0.3) is 0 Å². The van der Waals surface area contributed by atoms with E-state index in [1.807, 2.05) is 38.1 Å². The van der Waals surface area contributed by atoms with Gasteiger partial charge in [0, 0.05) is 35.4 Å². The summed E-state index contributed by atoms with van der Waals surface area (Å²) in [4.78, 5) is 48.5. The molecule has 3 fully saturated rings. The number of carbonyl (C=O) groups is 3. The van der Waals surface area contributed by atoms with Crippen LogP contribution in [0, 0.1) is 11.8 Å². The third-order valence-electron chi connectivity index (χ3n) is 8.80. The van der Waals surface area contributed by atoms with Crippen LogP contribution in [0.4, 0.5) is 5.69 Å². The Balaban J connectivity index is 1.77. The van der Waals surface area contributed by atoms with Gasteiger partial charge in [0.25, 0.3) is 0 Å². The van der Waals surface area contributed by atoms with Crippen molar-refractivity contribution in [2.75, 3.05) is 37.7 Å². The molecular weight excluding hydrogens is 618 g/mol. The van der Waals surface area contributed by atoms with Gasteiger partial charge in [0.05, 0.1) is 35.8 Å². The average molecular weight is 663 g/mol. The van der Waals surface area contributed by atoms with Crippen molar-refractivity contribution in [3.8, 4) is 5.75 Å². The quantitative estimate of drug-likeness (QED) is 0.217. The minimum absolute atomic E-state index is 0.0423. The molecule has 2 bridgehead atoms. The van der Waals surface area contributed by atoms with E-state index in [2.05, 4.69) is 36.0 Å². The molecule has 1 aromatic carbocycles. The van der Waals surface area contributed by atoms with Crippen molar-refractivity contribution in [3.05, 3.63) is 49.6 Å². The molecule has 230 valence electrons. The van der Waals surface area contributed by atoms with Crippen LogP contribution in [0.15, 0.2) is 49.6 Å².